The molecule has 1 aromatic heterocycles. The van der Waals surface area contributed by atoms with Gasteiger partial charge in [0.2, 0.25) is 5.91 Å². The first-order chi connectivity index (χ1) is 10.1. The molecule has 1 N–H and O–H groups in total. The minimum absolute atomic E-state index is 0.0379. The second-order valence-electron chi connectivity index (χ2n) is 5.48. The molecule has 0 aliphatic carbocycles. The summed E-state index contributed by atoms with van der Waals surface area (Å²) >= 11 is 1.16. The number of piperidine rings is 1. The van der Waals surface area contributed by atoms with E-state index in [1.807, 2.05) is 18.7 Å². The Morgan fingerprint density at radius 3 is 2.67 bits per heavy atom. The van der Waals surface area contributed by atoms with Crippen molar-refractivity contribution in [3.8, 4) is 0 Å². The second kappa shape index (κ2) is 7.49. The van der Waals surface area contributed by atoms with Crippen molar-refractivity contribution in [2.75, 3.05) is 19.6 Å². The Morgan fingerprint density at radius 1 is 1.38 bits per heavy atom. The summed E-state index contributed by atoms with van der Waals surface area (Å²) in [7, 11) is 0. The smallest absolute Gasteiger partial charge is 0.267 e. The SMILES string of the molecule is CCCC(=O)NCC1CCN(C(=O)c2snnc2C)CC1. The summed E-state index contributed by atoms with van der Waals surface area (Å²) in [6.07, 6.45) is 3.34. The Hall–Kier alpha value is -1.50. The summed E-state index contributed by atoms with van der Waals surface area (Å²) < 4.78 is 3.82. The largest absolute Gasteiger partial charge is 0.356 e. The molecule has 1 fully saturated rings. The van der Waals surface area contributed by atoms with Crippen LogP contribution >= 0.6 is 11.5 Å². The van der Waals surface area contributed by atoms with Crippen LogP contribution in [0.1, 0.15) is 48.0 Å². The predicted molar refractivity (Wildman–Crippen MR) is 81.2 cm³/mol. The molecule has 0 aromatic carbocycles. The van der Waals surface area contributed by atoms with Crippen LogP contribution in [0, 0.1) is 12.8 Å². The average Bonchev–Trinajstić information content (AvgIpc) is 2.91. The molecule has 2 heterocycles. The molecule has 116 valence electrons. The lowest BCUT2D eigenvalue weighted by molar-refractivity contribution is -0.121. The van der Waals surface area contributed by atoms with E-state index < -0.39 is 0 Å². The monoisotopic (exact) mass is 310 g/mol. The van der Waals surface area contributed by atoms with E-state index >= 15 is 0 Å². The van der Waals surface area contributed by atoms with Crippen LogP contribution in [-0.4, -0.2) is 45.9 Å². The Kier molecular flexibility index (Phi) is 5.67. The lowest BCUT2D eigenvalue weighted by atomic mass is 9.96. The van der Waals surface area contributed by atoms with E-state index in [9.17, 15) is 9.59 Å². The Bertz CT molecular complexity index is 495. The first-order valence-corrected chi connectivity index (χ1v) is 8.24. The molecule has 0 spiro atoms. The van der Waals surface area contributed by atoms with Crippen molar-refractivity contribution in [2.45, 2.75) is 39.5 Å². The second-order valence-corrected chi connectivity index (χ2v) is 6.23. The Morgan fingerprint density at radius 2 is 2.10 bits per heavy atom. The van der Waals surface area contributed by atoms with Gasteiger partial charge in [0.15, 0.2) is 0 Å². The van der Waals surface area contributed by atoms with Crippen LogP contribution in [0.2, 0.25) is 0 Å². The van der Waals surface area contributed by atoms with Gasteiger partial charge in [0, 0.05) is 26.1 Å². The predicted octanol–water partition coefficient (Wildman–Crippen LogP) is 1.62. The Balaban J connectivity index is 1.77. The van der Waals surface area contributed by atoms with Crippen molar-refractivity contribution >= 4 is 23.3 Å². The van der Waals surface area contributed by atoms with Crippen LogP contribution in [0.15, 0.2) is 0 Å². The van der Waals surface area contributed by atoms with E-state index in [0.29, 0.717) is 22.9 Å². The first-order valence-electron chi connectivity index (χ1n) is 7.46. The molecule has 0 bridgehead atoms. The molecular weight excluding hydrogens is 288 g/mol. The van der Waals surface area contributed by atoms with Crippen LogP contribution in [0.25, 0.3) is 0 Å². The molecular formula is C14H22N4O2S. The lowest BCUT2D eigenvalue weighted by Crippen LogP contribution is -2.41. The van der Waals surface area contributed by atoms with E-state index in [1.165, 1.54) is 0 Å². The summed E-state index contributed by atoms with van der Waals surface area (Å²) in [6.45, 7) is 6.02. The number of nitrogens with zero attached hydrogens (tertiary/aromatic N) is 3. The molecule has 6 nitrogen and oxygen atoms in total. The van der Waals surface area contributed by atoms with E-state index in [0.717, 1.165) is 50.4 Å². The van der Waals surface area contributed by atoms with E-state index in [-0.39, 0.29) is 11.8 Å². The number of carbonyl (C=O) groups excluding carboxylic acids is 2. The fourth-order valence-electron chi connectivity index (χ4n) is 2.49. The molecule has 2 amide bonds. The van der Waals surface area contributed by atoms with E-state index in [1.54, 1.807) is 0 Å². The van der Waals surface area contributed by atoms with Crippen LogP contribution in [0.4, 0.5) is 0 Å². The molecule has 1 aromatic rings. The maximum Gasteiger partial charge on any atom is 0.267 e. The first kappa shape index (κ1) is 15.9. The lowest BCUT2D eigenvalue weighted by Gasteiger charge is -2.31. The van der Waals surface area contributed by atoms with Gasteiger partial charge in [0.25, 0.3) is 5.91 Å². The van der Waals surface area contributed by atoms with Crippen molar-refractivity contribution in [3.05, 3.63) is 10.6 Å². The van der Waals surface area contributed by atoms with E-state index in [2.05, 4.69) is 14.9 Å². The van der Waals surface area contributed by atoms with Gasteiger partial charge >= 0.3 is 0 Å². The zero-order valence-corrected chi connectivity index (χ0v) is 13.4. The molecule has 1 saturated heterocycles. The van der Waals surface area contributed by atoms with Gasteiger partial charge in [0.05, 0.1) is 5.69 Å². The molecule has 0 saturated carbocycles. The number of aryl methyl sites for hydroxylation is 1. The number of amides is 2. The number of likely N-dealkylation sites (tertiary alicyclic amines) is 1. The minimum atomic E-state index is 0.0379. The quantitative estimate of drug-likeness (QED) is 0.896. The van der Waals surface area contributed by atoms with Gasteiger partial charge in [-0.3, -0.25) is 9.59 Å². The fraction of sp³-hybridized carbons (Fsp3) is 0.714. The third-order valence-corrected chi connectivity index (χ3v) is 4.63. The number of rotatable bonds is 5. The van der Waals surface area contributed by atoms with Gasteiger partial charge in [-0.2, -0.15) is 0 Å². The number of carbonyl (C=O) groups is 2. The van der Waals surface area contributed by atoms with Gasteiger partial charge in [0.1, 0.15) is 4.88 Å². The highest BCUT2D eigenvalue weighted by Gasteiger charge is 2.26. The highest BCUT2D eigenvalue weighted by atomic mass is 32.1. The van der Waals surface area contributed by atoms with Gasteiger partial charge in [-0.1, -0.05) is 11.4 Å². The van der Waals surface area contributed by atoms with Crippen molar-refractivity contribution in [1.82, 2.24) is 19.8 Å². The summed E-state index contributed by atoms with van der Waals surface area (Å²) in [5.74, 6) is 0.633. The summed E-state index contributed by atoms with van der Waals surface area (Å²) in [5.41, 5.74) is 0.707. The minimum Gasteiger partial charge on any atom is -0.356 e. The molecule has 1 aliphatic rings. The highest BCUT2D eigenvalue weighted by Crippen LogP contribution is 2.20. The van der Waals surface area contributed by atoms with Crippen molar-refractivity contribution in [3.63, 3.8) is 0 Å². The van der Waals surface area contributed by atoms with Gasteiger partial charge < -0.3 is 10.2 Å². The molecule has 0 unspecified atom stereocenters. The Labute approximate surface area is 129 Å². The van der Waals surface area contributed by atoms with Gasteiger partial charge in [-0.05, 0) is 43.6 Å². The third-order valence-electron chi connectivity index (χ3n) is 3.81. The fourth-order valence-corrected chi connectivity index (χ4v) is 3.11. The maximum absolute atomic E-state index is 12.3. The molecule has 0 atom stereocenters. The molecule has 7 heteroatoms. The maximum atomic E-state index is 12.3. The highest BCUT2D eigenvalue weighted by molar-refractivity contribution is 7.07. The molecule has 1 aliphatic heterocycles. The van der Waals surface area contributed by atoms with Crippen LogP contribution < -0.4 is 5.32 Å². The number of nitrogens with one attached hydrogen (secondary N) is 1. The molecule has 2 rings (SSSR count). The van der Waals surface area contributed by atoms with Gasteiger partial charge in [-0.25, -0.2) is 0 Å². The standard InChI is InChI=1S/C14H22N4O2S/c1-3-4-12(19)15-9-11-5-7-18(8-6-11)14(20)13-10(2)16-17-21-13/h11H,3-9H2,1-2H3,(H,15,19). The van der Waals surface area contributed by atoms with Crippen molar-refractivity contribution in [2.24, 2.45) is 5.92 Å². The zero-order valence-electron chi connectivity index (χ0n) is 12.6. The number of hydrogen-bond donors (Lipinski definition) is 1. The van der Waals surface area contributed by atoms with Crippen LogP contribution in [-0.2, 0) is 4.79 Å². The van der Waals surface area contributed by atoms with Crippen molar-refractivity contribution < 1.29 is 9.59 Å². The third kappa shape index (κ3) is 4.23. The number of aromatic nitrogens is 2. The summed E-state index contributed by atoms with van der Waals surface area (Å²) in [5, 5.41) is 6.86. The van der Waals surface area contributed by atoms with Crippen molar-refractivity contribution in [1.29, 1.82) is 0 Å². The molecule has 0 radical (unpaired) electrons. The van der Waals surface area contributed by atoms with Gasteiger partial charge in [-0.15, -0.1) is 5.10 Å². The normalized spacial score (nSPS) is 16.0. The van der Waals surface area contributed by atoms with Crippen LogP contribution in [0.5, 0.6) is 0 Å². The zero-order chi connectivity index (χ0) is 15.2. The summed E-state index contributed by atoms with van der Waals surface area (Å²) in [6, 6.07) is 0. The topological polar surface area (TPSA) is 75.2 Å². The molecule has 21 heavy (non-hydrogen) atoms. The average molecular weight is 310 g/mol. The number of hydrogen-bond acceptors (Lipinski definition) is 5. The van der Waals surface area contributed by atoms with E-state index in [4.69, 9.17) is 0 Å². The van der Waals surface area contributed by atoms with Crippen LogP contribution in [0.3, 0.4) is 0 Å². The summed E-state index contributed by atoms with van der Waals surface area (Å²) in [4.78, 5) is 26.3.